The van der Waals surface area contributed by atoms with Crippen LogP contribution < -0.4 is 10.9 Å². The molecule has 1 unspecified atom stereocenters. The third-order valence-electron chi connectivity index (χ3n) is 4.76. The van der Waals surface area contributed by atoms with Gasteiger partial charge in [-0.1, -0.05) is 11.6 Å². The Kier molecular flexibility index (Phi) is 3.42. The summed E-state index contributed by atoms with van der Waals surface area (Å²) in [5.74, 6) is 0.626. The molecule has 21 heavy (non-hydrogen) atoms. The molecule has 0 amide bonds. The maximum Gasteiger partial charge on any atom is 0.291 e. The molecule has 0 bridgehead atoms. The molecule has 6 heteroatoms. The van der Waals surface area contributed by atoms with Gasteiger partial charge in [-0.15, -0.1) is 0 Å². The van der Waals surface area contributed by atoms with Crippen molar-refractivity contribution >= 4 is 17.3 Å². The van der Waals surface area contributed by atoms with Crippen LogP contribution in [0.5, 0.6) is 0 Å². The number of likely N-dealkylation sites (tertiary alicyclic amines) is 1. The van der Waals surface area contributed by atoms with Crippen LogP contribution in [0.4, 0.5) is 5.69 Å². The van der Waals surface area contributed by atoms with Crippen LogP contribution >= 0.6 is 11.6 Å². The highest BCUT2D eigenvalue weighted by atomic mass is 35.5. The van der Waals surface area contributed by atoms with Crippen LogP contribution in [-0.2, 0) is 6.54 Å². The normalized spacial score (nSPS) is 26.2. The van der Waals surface area contributed by atoms with E-state index >= 15 is 0 Å². The molecule has 5 nitrogen and oxygen atoms in total. The fourth-order valence-corrected chi connectivity index (χ4v) is 3.33. The first-order valence-corrected chi connectivity index (χ1v) is 8.34. The lowest BCUT2D eigenvalue weighted by atomic mass is 10.2. The fourth-order valence-electron chi connectivity index (χ4n) is 3.15. The number of anilines is 1. The zero-order valence-corrected chi connectivity index (χ0v) is 12.9. The van der Waals surface area contributed by atoms with Gasteiger partial charge in [-0.05, 0) is 38.0 Å². The van der Waals surface area contributed by atoms with E-state index in [9.17, 15) is 4.79 Å². The molecule has 3 aliphatic rings. The molecule has 1 aliphatic heterocycles. The van der Waals surface area contributed by atoms with Gasteiger partial charge < -0.3 is 5.32 Å². The van der Waals surface area contributed by atoms with Crippen molar-refractivity contribution in [3.63, 3.8) is 0 Å². The standard InChI is InChI=1S/C15H21ClN4O/c16-13-7-17-20(8-10-1-2-10)15(21)14(13)18-11-5-6-19(9-11)12-3-4-12/h7,10-12,18H,1-6,8-9H2. The lowest BCUT2D eigenvalue weighted by Crippen LogP contribution is -2.32. The predicted octanol–water partition coefficient (Wildman–Crippen LogP) is 1.96. The Bertz CT molecular complexity index is 594. The van der Waals surface area contributed by atoms with Crippen molar-refractivity contribution in [2.75, 3.05) is 18.4 Å². The maximum absolute atomic E-state index is 12.5. The minimum absolute atomic E-state index is 0.0701. The van der Waals surface area contributed by atoms with E-state index < -0.39 is 0 Å². The second kappa shape index (κ2) is 5.29. The molecule has 2 heterocycles. The van der Waals surface area contributed by atoms with Crippen LogP contribution in [-0.4, -0.2) is 39.9 Å². The largest absolute Gasteiger partial charge is 0.375 e. The van der Waals surface area contributed by atoms with E-state index in [2.05, 4.69) is 15.3 Å². The van der Waals surface area contributed by atoms with Gasteiger partial charge >= 0.3 is 0 Å². The van der Waals surface area contributed by atoms with Gasteiger partial charge in [0.25, 0.3) is 5.56 Å². The van der Waals surface area contributed by atoms with Crippen LogP contribution in [0.3, 0.4) is 0 Å². The topological polar surface area (TPSA) is 50.2 Å². The zero-order valence-electron chi connectivity index (χ0n) is 12.1. The van der Waals surface area contributed by atoms with Crippen LogP contribution in [0.15, 0.2) is 11.0 Å². The summed E-state index contributed by atoms with van der Waals surface area (Å²) in [4.78, 5) is 15.0. The molecule has 0 aromatic carbocycles. The summed E-state index contributed by atoms with van der Waals surface area (Å²) in [6.45, 7) is 2.87. The van der Waals surface area contributed by atoms with Crippen LogP contribution in [0.2, 0.25) is 5.02 Å². The molecule has 0 radical (unpaired) electrons. The first-order chi connectivity index (χ1) is 10.2. The van der Waals surface area contributed by atoms with Gasteiger partial charge in [-0.25, -0.2) is 4.68 Å². The highest BCUT2D eigenvalue weighted by molar-refractivity contribution is 6.33. The molecule has 1 saturated heterocycles. The quantitative estimate of drug-likeness (QED) is 0.903. The molecule has 1 N–H and O–H groups in total. The van der Waals surface area contributed by atoms with Crippen molar-refractivity contribution in [3.8, 4) is 0 Å². The van der Waals surface area contributed by atoms with Crippen molar-refractivity contribution in [1.29, 1.82) is 0 Å². The SMILES string of the molecule is O=c1c(NC2CCN(C3CC3)C2)c(Cl)cnn1CC1CC1. The number of hydrogen-bond acceptors (Lipinski definition) is 4. The molecule has 1 atom stereocenters. The monoisotopic (exact) mass is 308 g/mol. The summed E-state index contributed by atoms with van der Waals surface area (Å²) in [7, 11) is 0. The zero-order chi connectivity index (χ0) is 14.4. The Labute approximate surface area is 129 Å². The van der Waals surface area contributed by atoms with E-state index in [1.807, 2.05) is 0 Å². The number of nitrogens with zero attached hydrogens (tertiary/aromatic N) is 3. The molecule has 114 valence electrons. The highest BCUT2D eigenvalue weighted by Gasteiger charge is 2.34. The number of halogens is 1. The Morgan fingerprint density at radius 2 is 2.10 bits per heavy atom. The molecule has 2 saturated carbocycles. The summed E-state index contributed by atoms with van der Waals surface area (Å²) in [6, 6.07) is 1.11. The van der Waals surface area contributed by atoms with E-state index in [0.29, 0.717) is 22.7 Å². The maximum atomic E-state index is 12.5. The van der Waals surface area contributed by atoms with Crippen LogP contribution in [0.25, 0.3) is 0 Å². The molecule has 3 fully saturated rings. The average Bonchev–Trinajstić information content (AvgIpc) is 3.39. The van der Waals surface area contributed by atoms with E-state index in [-0.39, 0.29) is 5.56 Å². The van der Waals surface area contributed by atoms with Gasteiger partial charge in [-0.2, -0.15) is 5.10 Å². The lowest BCUT2D eigenvalue weighted by molar-refractivity contribution is 0.326. The molecular weight excluding hydrogens is 288 g/mol. The Hall–Kier alpha value is -1.07. The van der Waals surface area contributed by atoms with Gasteiger partial charge in [-0.3, -0.25) is 9.69 Å². The van der Waals surface area contributed by atoms with Gasteiger partial charge in [0, 0.05) is 31.7 Å². The van der Waals surface area contributed by atoms with Gasteiger partial charge in [0.05, 0.1) is 11.2 Å². The summed E-state index contributed by atoms with van der Waals surface area (Å²) in [6.07, 6.45) is 7.75. The minimum Gasteiger partial charge on any atom is -0.375 e. The smallest absolute Gasteiger partial charge is 0.291 e. The second-order valence-corrected chi connectivity index (χ2v) is 7.06. The summed E-state index contributed by atoms with van der Waals surface area (Å²) in [5, 5.41) is 7.99. The van der Waals surface area contributed by atoms with E-state index in [4.69, 9.17) is 11.6 Å². The van der Waals surface area contributed by atoms with Crippen molar-refractivity contribution < 1.29 is 0 Å². The van der Waals surface area contributed by atoms with Crippen molar-refractivity contribution in [2.45, 2.75) is 50.7 Å². The first-order valence-electron chi connectivity index (χ1n) is 7.97. The second-order valence-electron chi connectivity index (χ2n) is 6.65. The number of hydrogen-bond donors (Lipinski definition) is 1. The Balaban J connectivity index is 1.49. The highest BCUT2D eigenvalue weighted by Crippen LogP contribution is 2.31. The van der Waals surface area contributed by atoms with Crippen molar-refractivity contribution in [2.24, 2.45) is 5.92 Å². The Morgan fingerprint density at radius 1 is 1.29 bits per heavy atom. The number of nitrogens with one attached hydrogen (secondary N) is 1. The minimum atomic E-state index is -0.0701. The first kappa shape index (κ1) is 13.6. The van der Waals surface area contributed by atoms with Gasteiger partial charge in [0.1, 0.15) is 5.69 Å². The molecule has 1 aromatic rings. The van der Waals surface area contributed by atoms with E-state index in [0.717, 1.165) is 32.1 Å². The van der Waals surface area contributed by atoms with Crippen molar-refractivity contribution in [1.82, 2.24) is 14.7 Å². The van der Waals surface area contributed by atoms with E-state index in [1.165, 1.54) is 25.7 Å². The Morgan fingerprint density at radius 3 is 2.81 bits per heavy atom. The summed E-state index contributed by atoms with van der Waals surface area (Å²) < 4.78 is 1.57. The summed E-state index contributed by atoms with van der Waals surface area (Å²) in [5.41, 5.74) is 0.467. The third kappa shape index (κ3) is 2.94. The van der Waals surface area contributed by atoms with E-state index in [1.54, 1.807) is 10.9 Å². The third-order valence-corrected chi connectivity index (χ3v) is 5.04. The lowest BCUT2D eigenvalue weighted by Gasteiger charge is -2.17. The fraction of sp³-hybridized carbons (Fsp3) is 0.733. The van der Waals surface area contributed by atoms with Gasteiger partial charge in [0.15, 0.2) is 0 Å². The molecule has 4 rings (SSSR count). The summed E-state index contributed by atoms with van der Waals surface area (Å²) >= 11 is 6.19. The molecule has 2 aliphatic carbocycles. The van der Waals surface area contributed by atoms with Gasteiger partial charge in [0.2, 0.25) is 0 Å². The molecule has 0 spiro atoms. The van der Waals surface area contributed by atoms with Crippen LogP contribution in [0.1, 0.15) is 32.1 Å². The molecule has 1 aromatic heterocycles. The molecular formula is C15H21ClN4O. The van der Waals surface area contributed by atoms with Crippen molar-refractivity contribution in [3.05, 3.63) is 21.6 Å². The van der Waals surface area contributed by atoms with Crippen LogP contribution in [0, 0.1) is 5.92 Å². The number of aromatic nitrogens is 2. The average molecular weight is 309 g/mol. The number of rotatable bonds is 5. The predicted molar refractivity (Wildman–Crippen MR) is 82.9 cm³/mol.